The monoisotopic (exact) mass is 321 g/mol. The number of hydrogen-bond acceptors (Lipinski definition) is 3. The van der Waals surface area contributed by atoms with Crippen LogP contribution in [0, 0.1) is 0 Å². The molecule has 0 saturated carbocycles. The average molecular weight is 321 g/mol. The maximum absolute atomic E-state index is 12.7. The molecule has 2 rings (SSSR count). The van der Waals surface area contributed by atoms with Gasteiger partial charge in [-0.3, -0.25) is 0 Å². The van der Waals surface area contributed by atoms with Gasteiger partial charge in [-0.2, -0.15) is 8.78 Å². The second-order valence-corrected chi connectivity index (χ2v) is 5.71. The minimum absolute atomic E-state index is 0.188. The summed E-state index contributed by atoms with van der Waals surface area (Å²) in [5, 5.41) is 3.02. The van der Waals surface area contributed by atoms with Gasteiger partial charge in [0, 0.05) is 10.7 Å². The molecule has 116 valence electrons. The van der Waals surface area contributed by atoms with Crippen molar-refractivity contribution < 1.29 is 22.3 Å². The summed E-state index contributed by atoms with van der Waals surface area (Å²) in [6.07, 6.45) is -3.28. The van der Waals surface area contributed by atoms with Gasteiger partial charge in [-0.05, 0) is 28.8 Å². The number of nitrogens with two attached hydrogens (primary N) is 1. The molecule has 0 aliphatic carbocycles. The molecule has 0 fully saturated rings. The quantitative estimate of drug-likeness (QED) is 0.790. The maximum Gasteiger partial charge on any atom is 0.330 e. The molecule has 1 atom stereocenters. The average Bonchev–Trinajstić information content (AvgIpc) is 2.82. The van der Waals surface area contributed by atoms with Crippen molar-refractivity contribution >= 4 is 21.4 Å². The zero-order valence-corrected chi connectivity index (χ0v) is 11.9. The molecule has 1 heterocycles. The molecule has 0 radical (unpaired) electrons. The number of halogens is 4. The lowest BCUT2D eigenvalue weighted by molar-refractivity contribution is -0.166. The van der Waals surface area contributed by atoms with E-state index < -0.39 is 25.0 Å². The van der Waals surface area contributed by atoms with Crippen LogP contribution in [0.25, 0.3) is 10.1 Å². The minimum Gasteiger partial charge on any atom is -0.373 e. The molecule has 0 aliphatic heterocycles. The molecular weight excluding hydrogens is 306 g/mol. The molecule has 2 nitrogen and oxygen atoms in total. The first-order valence-corrected chi connectivity index (χ1v) is 7.22. The molecule has 0 amide bonds. The fourth-order valence-electron chi connectivity index (χ4n) is 1.94. The third kappa shape index (κ3) is 4.15. The molecule has 2 aromatic rings. The van der Waals surface area contributed by atoms with Crippen LogP contribution in [-0.2, 0) is 11.2 Å². The molecule has 0 aliphatic rings. The Hall–Kier alpha value is -1.18. The Kier molecular flexibility index (Phi) is 5.18. The van der Waals surface area contributed by atoms with Crippen molar-refractivity contribution in [2.45, 2.75) is 24.8 Å². The molecule has 0 spiro atoms. The van der Waals surface area contributed by atoms with Gasteiger partial charge in [0.15, 0.2) is 0 Å². The van der Waals surface area contributed by atoms with Crippen molar-refractivity contribution in [3.05, 3.63) is 35.2 Å². The van der Waals surface area contributed by atoms with E-state index in [9.17, 15) is 17.6 Å². The number of benzene rings is 1. The fourth-order valence-corrected chi connectivity index (χ4v) is 2.92. The highest BCUT2D eigenvalue weighted by Gasteiger charge is 2.41. The van der Waals surface area contributed by atoms with E-state index in [4.69, 9.17) is 5.73 Å². The van der Waals surface area contributed by atoms with Gasteiger partial charge in [0.1, 0.15) is 6.61 Å². The molecule has 21 heavy (non-hydrogen) atoms. The summed E-state index contributed by atoms with van der Waals surface area (Å²) >= 11 is 1.57. The van der Waals surface area contributed by atoms with Crippen LogP contribution in [-0.4, -0.2) is 31.6 Å². The van der Waals surface area contributed by atoms with E-state index in [0.717, 1.165) is 15.6 Å². The number of fused-ring (bicyclic) bond motifs is 1. The van der Waals surface area contributed by atoms with E-state index in [1.165, 1.54) is 0 Å². The minimum atomic E-state index is -4.13. The molecule has 0 saturated heterocycles. The number of rotatable bonds is 7. The summed E-state index contributed by atoms with van der Waals surface area (Å²) < 4.78 is 55.0. The standard InChI is InChI=1S/C14H15F4NOS/c15-13(16)14(17,18)8-20-6-10(19)5-9-7-21-12-4-2-1-3-11(9)12/h1-4,7,10,13H,5-6,8,19H2. The lowest BCUT2D eigenvalue weighted by Gasteiger charge is -2.17. The zero-order chi connectivity index (χ0) is 15.5. The Bertz CT molecular complexity index is 587. The van der Waals surface area contributed by atoms with E-state index >= 15 is 0 Å². The van der Waals surface area contributed by atoms with Crippen LogP contribution >= 0.6 is 11.3 Å². The summed E-state index contributed by atoms with van der Waals surface area (Å²) in [5.74, 6) is -4.13. The van der Waals surface area contributed by atoms with Gasteiger partial charge in [0.25, 0.3) is 0 Å². The third-order valence-corrected chi connectivity index (χ3v) is 4.00. The van der Waals surface area contributed by atoms with Crippen molar-refractivity contribution in [2.75, 3.05) is 13.2 Å². The van der Waals surface area contributed by atoms with Gasteiger partial charge in [0.2, 0.25) is 0 Å². The van der Waals surface area contributed by atoms with E-state index in [2.05, 4.69) is 4.74 Å². The molecule has 2 N–H and O–H groups in total. The van der Waals surface area contributed by atoms with Gasteiger partial charge in [-0.25, -0.2) is 8.78 Å². The number of hydrogen-bond donors (Lipinski definition) is 1. The zero-order valence-electron chi connectivity index (χ0n) is 11.1. The molecular formula is C14H15F4NOS. The van der Waals surface area contributed by atoms with Gasteiger partial charge in [-0.15, -0.1) is 11.3 Å². The Morgan fingerprint density at radius 2 is 1.95 bits per heavy atom. The van der Waals surface area contributed by atoms with Crippen LogP contribution in [0.1, 0.15) is 5.56 Å². The van der Waals surface area contributed by atoms with Crippen LogP contribution in [0.2, 0.25) is 0 Å². The van der Waals surface area contributed by atoms with E-state index in [-0.39, 0.29) is 6.61 Å². The first-order chi connectivity index (χ1) is 9.90. The molecule has 0 bridgehead atoms. The lowest BCUT2D eigenvalue weighted by Crippen LogP contribution is -2.36. The lowest BCUT2D eigenvalue weighted by atomic mass is 10.1. The molecule has 7 heteroatoms. The summed E-state index contributed by atoms with van der Waals surface area (Å²) in [6, 6.07) is 7.26. The van der Waals surface area contributed by atoms with E-state index in [0.29, 0.717) is 6.42 Å². The Labute approximate surface area is 123 Å². The summed E-state index contributed by atoms with van der Waals surface area (Å²) in [6.45, 7) is -1.50. The Morgan fingerprint density at radius 1 is 1.24 bits per heavy atom. The predicted molar refractivity (Wildman–Crippen MR) is 75.3 cm³/mol. The second-order valence-electron chi connectivity index (χ2n) is 4.80. The fraction of sp³-hybridized carbons (Fsp3) is 0.429. The Balaban J connectivity index is 1.86. The second kappa shape index (κ2) is 6.72. The maximum atomic E-state index is 12.7. The highest BCUT2D eigenvalue weighted by Crippen LogP contribution is 2.26. The normalized spacial score (nSPS) is 14.0. The van der Waals surface area contributed by atoms with E-state index in [1.54, 1.807) is 11.3 Å². The van der Waals surface area contributed by atoms with Gasteiger partial charge in [0.05, 0.1) is 6.61 Å². The largest absolute Gasteiger partial charge is 0.373 e. The van der Waals surface area contributed by atoms with Crippen molar-refractivity contribution in [1.29, 1.82) is 0 Å². The van der Waals surface area contributed by atoms with Crippen LogP contribution in [0.4, 0.5) is 17.6 Å². The van der Waals surface area contributed by atoms with Crippen LogP contribution in [0.3, 0.4) is 0 Å². The van der Waals surface area contributed by atoms with Gasteiger partial charge < -0.3 is 10.5 Å². The topological polar surface area (TPSA) is 35.2 Å². The summed E-state index contributed by atoms with van der Waals surface area (Å²) in [5.41, 5.74) is 6.82. The molecule has 1 unspecified atom stereocenters. The Morgan fingerprint density at radius 3 is 2.67 bits per heavy atom. The van der Waals surface area contributed by atoms with Crippen molar-refractivity contribution in [3.63, 3.8) is 0 Å². The van der Waals surface area contributed by atoms with Crippen LogP contribution in [0.5, 0.6) is 0 Å². The number of alkyl halides is 4. The first-order valence-electron chi connectivity index (χ1n) is 6.34. The highest BCUT2D eigenvalue weighted by atomic mass is 32.1. The smallest absolute Gasteiger partial charge is 0.330 e. The summed E-state index contributed by atoms with van der Waals surface area (Å²) in [7, 11) is 0. The SMILES string of the molecule is NC(COCC(F)(F)C(F)F)Cc1csc2ccccc12. The van der Waals surface area contributed by atoms with Crippen molar-refractivity contribution in [2.24, 2.45) is 5.73 Å². The van der Waals surface area contributed by atoms with Crippen LogP contribution in [0.15, 0.2) is 29.6 Å². The predicted octanol–water partition coefficient (Wildman–Crippen LogP) is 3.69. The highest BCUT2D eigenvalue weighted by molar-refractivity contribution is 7.17. The molecule has 1 aromatic carbocycles. The summed E-state index contributed by atoms with van der Waals surface area (Å²) in [4.78, 5) is 0. The molecule has 1 aromatic heterocycles. The van der Waals surface area contributed by atoms with Crippen molar-refractivity contribution in [3.8, 4) is 0 Å². The first kappa shape index (κ1) is 16.2. The van der Waals surface area contributed by atoms with Crippen LogP contribution < -0.4 is 5.73 Å². The van der Waals surface area contributed by atoms with Gasteiger partial charge >= 0.3 is 12.3 Å². The van der Waals surface area contributed by atoms with Crippen molar-refractivity contribution in [1.82, 2.24) is 0 Å². The number of ether oxygens (including phenoxy) is 1. The third-order valence-electron chi connectivity index (χ3n) is 2.99. The number of thiophene rings is 1. The van der Waals surface area contributed by atoms with Gasteiger partial charge in [-0.1, -0.05) is 18.2 Å². The van der Waals surface area contributed by atoms with E-state index in [1.807, 2.05) is 29.6 Å².